The molecule has 3 heteroatoms. The number of anilines is 1. The Bertz CT molecular complexity index is 600. The van der Waals surface area contributed by atoms with Gasteiger partial charge in [-0.1, -0.05) is 19.6 Å². The maximum absolute atomic E-state index is 6.04. The first kappa shape index (κ1) is 12.4. The lowest BCUT2D eigenvalue weighted by atomic mass is 10.0. The van der Waals surface area contributed by atoms with Gasteiger partial charge < -0.3 is 10.6 Å². The first-order valence-electron chi connectivity index (χ1n) is 6.08. The fourth-order valence-corrected chi connectivity index (χ4v) is 2.00. The Morgan fingerprint density at radius 1 is 1.39 bits per heavy atom. The minimum Gasteiger partial charge on any atom is -0.398 e. The van der Waals surface area contributed by atoms with Gasteiger partial charge in [0.05, 0.1) is 5.52 Å². The van der Waals surface area contributed by atoms with Crippen molar-refractivity contribution in [3.8, 4) is 0 Å². The van der Waals surface area contributed by atoms with E-state index in [4.69, 9.17) is 5.73 Å². The highest BCUT2D eigenvalue weighted by atomic mass is 15.1. The van der Waals surface area contributed by atoms with Crippen molar-refractivity contribution in [2.24, 2.45) is 0 Å². The third kappa shape index (κ3) is 2.04. The maximum Gasteiger partial charge on any atom is 0.0754 e. The minimum absolute atomic E-state index is 0.767. The van der Waals surface area contributed by atoms with Crippen molar-refractivity contribution in [1.29, 1.82) is 0 Å². The lowest BCUT2D eigenvalue weighted by Crippen LogP contribution is -2.09. The Hall–Kier alpha value is -2.03. The maximum atomic E-state index is 6.04. The van der Waals surface area contributed by atoms with Gasteiger partial charge in [0.15, 0.2) is 0 Å². The van der Waals surface area contributed by atoms with Gasteiger partial charge in [-0.15, -0.1) is 0 Å². The summed E-state index contributed by atoms with van der Waals surface area (Å²) in [6.45, 7) is 6.17. The van der Waals surface area contributed by atoms with Crippen molar-refractivity contribution in [1.82, 2.24) is 9.88 Å². The zero-order valence-electron chi connectivity index (χ0n) is 11.2. The molecule has 1 aromatic carbocycles. The molecule has 0 saturated heterocycles. The minimum atomic E-state index is 0.767. The summed E-state index contributed by atoms with van der Waals surface area (Å²) in [5.41, 5.74) is 11.0. The summed E-state index contributed by atoms with van der Waals surface area (Å²) in [5, 5.41) is 1.01. The number of pyridine rings is 1. The van der Waals surface area contributed by atoms with Gasteiger partial charge in [-0.25, -0.2) is 0 Å². The summed E-state index contributed by atoms with van der Waals surface area (Å²) < 4.78 is 0. The van der Waals surface area contributed by atoms with Crippen molar-refractivity contribution >= 4 is 22.3 Å². The van der Waals surface area contributed by atoms with E-state index in [0.29, 0.717) is 0 Å². The highest BCUT2D eigenvalue weighted by Gasteiger charge is 2.08. The molecule has 2 aromatic rings. The van der Waals surface area contributed by atoms with Crippen LogP contribution in [0.2, 0.25) is 0 Å². The Morgan fingerprint density at radius 3 is 2.72 bits per heavy atom. The normalized spacial score (nSPS) is 10.6. The molecular weight excluding hydrogens is 222 g/mol. The lowest BCUT2D eigenvalue weighted by Gasteiger charge is -2.16. The molecule has 0 amide bonds. The Morgan fingerprint density at radius 2 is 2.11 bits per heavy atom. The average molecular weight is 241 g/mol. The number of nitrogens with zero attached hydrogens (tertiary/aromatic N) is 2. The van der Waals surface area contributed by atoms with Crippen LogP contribution in [0.15, 0.2) is 31.0 Å². The molecule has 0 radical (unpaired) electrons. The van der Waals surface area contributed by atoms with E-state index in [0.717, 1.165) is 34.3 Å². The second kappa shape index (κ2) is 4.69. The predicted molar refractivity (Wildman–Crippen MR) is 78.3 cm³/mol. The fourth-order valence-electron chi connectivity index (χ4n) is 2.00. The van der Waals surface area contributed by atoms with Crippen LogP contribution in [0.4, 0.5) is 5.69 Å². The standard InChI is InChI=1S/C15H19N3/c1-5-11-6-7-14(16)13-8-12(9-17-15(11)13)10(2)18(3)4/h6-9H,2,5,16H2,1,3-4H3. The molecule has 2 rings (SSSR count). The van der Waals surface area contributed by atoms with E-state index < -0.39 is 0 Å². The summed E-state index contributed by atoms with van der Waals surface area (Å²) in [5.74, 6) is 0. The van der Waals surface area contributed by atoms with Crippen molar-refractivity contribution in [3.63, 3.8) is 0 Å². The molecule has 3 nitrogen and oxygen atoms in total. The molecule has 0 aliphatic heterocycles. The number of benzene rings is 1. The number of rotatable bonds is 3. The molecule has 2 N–H and O–H groups in total. The van der Waals surface area contributed by atoms with Crippen LogP contribution in [-0.2, 0) is 6.42 Å². The third-order valence-corrected chi connectivity index (χ3v) is 3.22. The molecule has 0 aliphatic carbocycles. The summed E-state index contributed by atoms with van der Waals surface area (Å²) in [4.78, 5) is 6.52. The first-order chi connectivity index (χ1) is 8.54. The van der Waals surface area contributed by atoms with Gasteiger partial charge in [0, 0.05) is 42.6 Å². The molecule has 1 aromatic heterocycles. The van der Waals surface area contributed by atoms with Crippen LogP contribution in [0.1, 0.15) is 18.1 Å². The monoisotopic (exact) mass is 241 g/mol. The number of nitrogen functional groups attached to an aromatic ring is 1. The average Bonchev–Trinajstić information content (AvgIpc) is 2.38. The second-order valence-corrected chi connectivity index (χ2v) is 4.63. The number of hydrogen-bond donors (Lipinski definition) is 1. The number of fused-ring (bicyclic) bond motifs is 1. The predicted octanol–water partition coefficient (Wildman–Crippen LogP) is 2.91. The Kier molecular flexibility index (Phi) is 3.24. The Balaban J connectivity index is 2.65. The molecule has 0 unspecified atom stereocenters. The van der Waals surface area contributed by atoms with Crippen molar-refractivity contribution in [2.45, 2.75) is 13.3 Å². The van der Waals surface area contributed by atoms with E-state index in [2.05, 4.69) is 24.6 Å². The third-order valence-electron chi connectivity index (χ3n) is 3.22. The number of aryl methyl sites for hydroxylation is 1. The lowest BCUT2D eigenvalue weighted by molar-refractivity contribution is 0.593. The summed E-state index contributed by atoms with van der Waals surface area (Å²) in [7, 11) is 3.94. The van der Waals surface area contributed by atoms with Crippen LogP contribution in [0.3, 0.4) is 0 Å². The van der Waals surface area contributed by atoms with E-state index in [-0.39, 0.29) is 0 Å². The summed E-state index contributed by atoms with van der Waals surface area (Å²) >= 11 is 0. The largest absolute Gasteiger partial charge is 0.398 e. The van der Waals surface area contributed by atoms with E-state index in [1.165, 1.54) is 5.56 Å². The number of nitrogens with two attached hydrogens (primary N) is 1. The Labute approximate surface area is 108 Å². The molecule has 18 heavy (non-hydrogen) atoms. The molecule has 0 aliphatic rings. The summed E-state index contributed by atoms with van der Waals surface area (Å²) in [6, 6.07) is 6.06. The van der Waals surface area contributed by atoms with Gasteiger partial charge in [-0.05, 0) is 24.1 Å². The molecule has 0 fully saturated rings. The zero-order chi connectivity index (χ0) is 13.3. The van der Waals surface area contributed by atoms with Gasteiger partial charge in [0.25, 0.3) is 0 Å². The van der Waals surface area contributed by atoms with Crippen molar-refractivity contribution in [3.05, 3.63) is 42.1 Å². The van der Waals surface area contributed by atoms with E-state index in [1.807, 2.05) is 37.3 Å². The SMILES string of the molecule is C=C(c1cnc2c(CC)ccc(N)c2c1)N(C)C. The molecule has 0 spiro atoms. The summed E-state index contributed by atoms with van der Waals surface area (Å²) in [6.07, 6.45) is 2.82. The van der Waals surface area contributed by atoms with Gasteiger partial charge in [-0.3, -0.25) is 4.98 Å². The topological polar surface area (TPSA) is 42.1 Å². The van der Waals surface area contributed by atoms with Crippen LogP contribution in [-0.4, -0.2) is 24.0 Å². The van der Waals surface area contributed by atoms with Crippen LogP contribution < -0.4 is 5.73 Å². The number of hydrogen-bond acceptors (Lipinski definition) is 3. The second-order valence-electron chi connectivity index (χ2n) is 4.63. The quantitative estimate of drug-likeness (QED) is 0.840. The van der Waals surface area contributed by atoms with Crippen molar-refractivity contribution in [2.75, 3.05) is 19.8 Å². The zero-order valence-corrected chi connectivity index (χ0v) is 11.2. The van der Waals surface area contributed by atoms with Crippen LogP contribution in [0.25, 0.3) is 16.6 Å². The fraction of sp³-hybridized carbons (Fsp3) is 0.267. The van der Waals surface area contributed by atoms with E-state index >= 15 is 0 Å². The van der Waals surface area contributed by atoms with Crippen LogP contribution in [0, 0.1) is 0 Å². The molecule has 1 heterocycles. The van der Waals surface area contributed by atoms with E-state index in [9.17, 15) is 0 Å². The molecule has 94 valence electrons. The smallest absolute Gasteiger partial charge is 0.0754 e. The van der Waals surface area contributed by atoms with Gasteiger partial charge in [0.1, 0.15) is 0 Å². The van der Waals surface area contributed by atoms with Gasteiger partial charge >= 0.3 is 0 Å². The molecular formula is C15H19N3. The highest BCUT2D eigenvalue weighted by molar-refractivity contribution is 5.94. The van der Waals surface area contributed by atoms with Crippen LogP contribution >= 0.6 is 0 Å². The molecule has 0 saturated carbocycles. The van der Waals surface area contributed by atoms with Crippen LogP contribution in [0.5, 0.6) is 0 Å². The van der Waals surface area contributed by atoms with Crippen molar-refractivity contribution < 1.29 is 0 Å². The highest BCUT2D eigenvalue weighted by Crippen LogP contribution is 2.26. The molecule has 0 bridgehead atoms. The van der Waals surface area contributed by atoms with Gasteiger partial charge in [0.2, 0.25) is 0 Å². The van der Waals surface area contributed by atoms with Gasteiger partial charge in [-0.2, -0.15) is 0 Å². The first-order valence-corrected chi connectivity index (χ1v) is 6.08. The van der Waals surface area contributed by atoms with E-state index in [1.54, 1.807) is 0 Å². The number of aromatic nitrogens is 1. The molecule has 0 atom stereocenters.